The fraction of sp³-hybridized carbons (Fsp3) is 0.545. The summed E-state index contributed by atoms with van der Waals surface area (Å²) < 4.78 is 0. The van der Waals surface area contributed by atoms with Gasteiger partial charge in [0.2, 0.25) is 0 Å². The number of aryl methyl sites for hydroxylation is 1. The fourth-order valence-corrected chi connectivity index (χ4v) is 2.14. The molecule has 1 heterocycles. The van der Waals surface area contributed by atoms with Gasteiger partial charge in [0.15, 0.2) is 5.78 Å². The Balaban J connectivity index is 2.40. The highest BCUT2D eigenvalue weighted by Crippen LogP contribution is 2.17. The van der Waals surface area contributed by atoms with Crippen molar-refractivity contribution in [3.8, 4) is 0 Å². The van der Waals surface area contributed by atoms with Gasteiger partial charge in [-0.15, -0.1) is 11.3 Å². The van der Waals surface area contributed by atoms with Crippen LogP contribution in [0.2, 0.25) is 0 Å². The van der Waals surface area contributed by atoms with Crippen molar-refractivity contribution in [1.82, 2.24) is 5.32 Å². The largest absolute Gasteiger partial charge is 0.314 e. The number of thiophene rings is 1. The summed E-state index contributed by atoms with van der Waals surface area (Å²) in [5.41, 5.74) is 1.10. The van der Waals surface area contributed by atoms with Crippen LogP contribution in [0.25, 0.3) is 0 Å². The number of rotatable bonds is 5. The summed E-state index contributed by atoms with van der Waals surface area (Å²) in [7, 11) is 0. The van der Waals surface area contributed by atoms with E-state index in [1.807, 2.05) is 18.4 Å². The minimum absolute atomic E-state index is 0.255. The zero-order valence-corrected chi connectivity index (χ0v) is 9.78. The quantitative estimate of drug-likeness (QED) is 0.759. The second kappa shape index (κ2) is 5.27. The van der Waals surface area contributed by atoms with Crippen LogP contribution in [0.1, 0.15) is 35.5 Å². The molecule has 0 amide bonds. The summed E-state index contributed by atoms with van der Waals surface area (Å²) in [6.45, 7) is 6.93. The molecule has 3 heteroatoms. The molecule has 0 spiro atoms. The van der Waals surface area contributed by atoms with E-state index in [2.05, 4.69) is 19.2 Å². The van der Waals surface area contributed by atoms with Crippen LogP contribution < -0.4 is 5.32 Å². The van der Waals surface area contributed by atoms with Gasteiger partial charge in [-0.2, -0.15) is 0 Å². The van der Waals surface area contributed by atoms with Crippen molar-refractivity contribution < 1.29 is 4.79 Å². The second-order valence-electron chi connectivity index (χ2n) is 3.71. The standard InChI is InChI=1S/C11H17NOS/c1-8(2)12-6-4-10(13)11-9(3)5-7-14-11/h5,7-8,12H,4,6H2,1-3H3. The van der Waals surface area contributed by atoms with Crippen molar-refractivity contribution in [2.45, 2.75) is 33.2 Å². The topological polar surface area (TPSA) is 29.1 Å². The Morgan fingerprint density at radius 1 is 1.57 bits per heavy atom. The molecule has 0 fully saturated rings. The van der Waals surface area contributed by atoms with E-state index in [4.69, 9.17) is 0 Å². The van der Waals surface area contributed by atoms with Crippen LogP contribution in [-0.2, 0) is 0 Å². The fourth-order valence-electron chi connectivity index (χ4n) is 1.25. The van der Waals surface area contributed by atoms with E-state index < -0.39 is 0 Å². The van der Waals surface area contributed by atoms with Crippen molar-refractivity contribution >= 4 is 17.1 Å². The third kappa shape index (κ3) is 3.24. The van der Waals surface area contributed by atoms with Crippen LogP contribution in [0.3, 0.4) is 0 Å². The monoisotopic (exact) mass is 211 g/mol. The van der Waals surface area contributed by atoms with Crippen LogP contribution in [-0.4, -0.2) is 18.4 Å². The van der Waals surface area contributed by atoms with Crippen LogP contribution in [0, 0.1) is 6.92 Å². The molecule has 0 aliphatic rings. The molecule has 1 aromatic rings. The lowest BCUT2D eigenvalue weighted by Gasteiger charge is -2.06. The van der Waals surface area contributed by atoms with Gasteiger partial charge in [-0.3, -0.25) is 4.79 Å². The Morgan fingerprint density at radius 2 is 2.29 bits per heavy atom. The average molecular weight is 211 g/mol. The molecule has 2 nitrogen and oxygen atoms in total. The molecule has 14 heavy (non-hydrogen) atoms. The van der Waals surface area contributed by atoms with E-state index in [1.165, 1.54) is 11.3 Å². The molecule has 1 aromatic heterocycles. The molecular formula is C11H17NOS. The minimum Gasteiger partial charge on any atom is -0.314 e. The average Bonchev–Trinajstić information content (AvgIpc) is 2.50. The maximum atomic E-state index is 11.7. The first-order valence-electron chi connectivity index (χ1n) is 4.92. The van der Waals surface area contributed by atoms with E-state index >= 15 is 0 Å². The van der Waals surface area contributed by atoms with Gasteiger partial charge in [-0.1, -0.05) is 13.8 Å². The van der Waals surface area contributed by atoms with Crippen LogP contribution in [0.15, 0.2) is 11.4 Å². The van der Waals surface area contributed by atoms with E-state index in [1.54, 1.807) is 0 Å². The molecule has 0 aliphatic carbocycles. The normalized spacial score (nSPS) is 10.9. The molecule has 78 valence electrons. The number of carbonyl (C=O) groups is 1. The molecule has 0 aromatic carbocycles. The molecule has 0 unspecified atom stereocenters. The van der Waals surface area contributed by atoms with Gasteiger partial charge < -0.3 is 5.32 Å². The minimum atomic E-state index is 0.255. The van der Waals surface area contributed by atoms with Crippen molar-refractivity contribution in [2.24, 2.45) is 0 Å². The molecule has 0 bridgehead atoms. The summed E-state index contributed by atoms with van der Waals surface area (Å²) in [6, 6.07) is 2.44. The third-order valence-electron chi connectivity index (χ3n) is 2.02. The number of ketones is 1. The SMILES string of the molecule is Cc1ccsc1C(=O)CCNC(C)C. The first kappa shape index (κ1) is 11.4. The highest BCUT2D eigenvalue weighted by atomic mass is 32.1. The molecular weight excluding hydrogens is 194 g/mol. The van der Waals surface area contributed by atoms with E-state index in [-0.39, 0.29) is 5.78 Å². The van der Waals surface area contributed by atoms with Gasteiger partial charge in [-0.25, -0.2) is 0 Å². The van der Waals surface area contributed by atoms with Crippen LogP contribution >= 0.6 is 11.3 Å². The van der Waals surface area contributed by atoms with Crippen molar-refractivity contribution in [3.05, 3.63) is 21.9 Å². The lowest BCUT2D eigenvalue weighted by atomic mass is 10.2. The van der Waals surface area contributed by atoms with Gasteiger partial charge >= 0.3 is 0 Å². The molecule has 0 atom stereocenters. The van der Waals surface area contributed by atoms with Gasteiger partial charge in [0, 0.05) is 19.0 Å². The Labute approximate surface area is 89.3 Å². The smallest absolute Gasteiger partial charge is 0.174 e. The Hall–Kier alpha value is -0.670. The van der Waals surface area contributed by atoms with Crippen molar-refractivity contribution in [1.29, 1.82) is 0 Å². The summed E-state index contributed by atoms with van der Waals surface area (Å²) in [6.07, 6.45) is 0.597. The van der Waals surface area contributed by atoms with Crippen molar-refractivity contribution in [3.63, 3.8) is 0 Å². The third-order valence-corrected chi connectivity index (χ3v) is 3.08. The maximum absolute atomic E-state index is 11.7. The van der Waals surface area contributed by atoms with E-state index in [9.17, 15) is 4.79 Å². The van der Waals surface area contributed by atoms with Crippen LogP contribution in [0.5, 0.6) is 0 Å². The lowest BCUT2D eigenvalue weighted by molar-refractivity contribution is 0.0985. The molecule has 0 aliphatic heterocycles. The second-order valence-corrected chi connectivity index (χ2v) is 4.63. The Bertz CT molecular complexity index is 304. The lowest BCUT2D eigenvalue weighted by Crippen LogP contribution is -2.25. The highest BCUT2D eigenvalue weighted by Gasteiger charge is 2.09. The van der Waals surface area contributed by atoms with E-state index in [0.29, 0.717) is 12.5 Å². The predicted molar refractivity (Wildman–Crippen MR) is 61.1 cm³/mol. The highest BCUT2D eigenvalue weighted by molar-refractivity contribution is 7.12. The zero-order valence-electron chi connectivity index (χ0n) is 8.96. The number of carbonyl (C=O) groups excluding carboxylic acids is 1. The summed E-state index contributed by atoms with van der Waals surface area (Å²) >= 11 is 1.54. The van der Waals surface area contributed by atoms with Crippen molar-refractivity contribution in [2.75, 3.05) is 6.54 Å². The Morgan fingerprint density at radius 3 is 2.79 bits per heavy atom. The predicted octanol–water partition coefficient (Wildman–Crippen LogP) is 2.63. The molecule has 1 N–H and O–H groups in total. The summed E-state index contributed by atoms with van der Waals surface area (Å²) in [4.78, 5) is 12.6. The van der Waals surface area contributed by atoms with E-state index in [0.717, 1.165) is 17.0 Å². The maximum Gasteiger partial charge on any atom is 0.174 e. The van der Waals surface area contributed by atoms with Gasteiger partial charge in [-0.05, 0) is 23.9 Å². The number of hydrogen-bond donors (Lipinski definition) is 1. The molecule has 0 radical (unpaired) electrons. The molecule has 1 rings (SSSR count). The molecule has 0 saturated carbocycles. The molecule has 0 saturated heterocycles. The first-order chi connectivity index (χ1) is 6.61. The van der Waals surface area contributed by atoms with Gasteiger partial charge in [0.25, 0.3) is 0 Å². The van der Waals surface area contributed by atoms with Crippen LogP contribution in [0.4, 0.5) is 0 Å². The Kier molecular flexibility index (Phi) is 4.29. The zero-order chi connectivity index (χ0) is 10.6. The summed E-state index contributed by atoms with van der Waals surface area (Å²) in [5.74, 6) is 0.255. The first-order valence-corrected chi connectivity index (χ1v) is 5.80. The van der Waals surface area contributed by atoms with Gasteiger partial charge in [0.1, 0.15) is 0 Å². The number of Topliss-reactive ketones (excluding diaryl/α,β-unsaturated/α-hetero) is 1. The summed E-state index contributed by atoms with van der Waals surface area (Å²) in [5, 5.41) is 5.21. The van der Waals surface area contributed by atoms with Gasteiger partial charge in [0.05, 0.1) is 4.88 Å². The number of nitrogens with one attached hydrogen (secondary N) is 1. The number of hydrogen-bond acceptors (Lipinski definition) is 3.